The summed E-state index contributed by atoms with van der Waals surface area (Å²) in [6, 6.07) is 18.4. The van der Waals surface area contributed by atoms with Crippen molar-refractivity contribution >= 4 is 11.8 Å². The van der Waals surface area contributed by atoms with E-state index in [2.05, 4.69) is 15.6 Å². The Kier molecular flexibility index (Phi) is 5.94. The fourth-order valence-corrected chi connectivity index (χ4v) is 2.58. The molecule has 0 fully saturated rings. The topological polar surface area (TPSA) is 71.1 Å². The summed E-state index contributed by atoms with van der Waals surface area (Å²) in [6.07, 6.45) is 3.36. The molecule has 27 heavy (non-hydrogen) atoms. The van der Waals surface area contributed by atoms with Crippen LogP contribution in [-0.2, 0) is 13.1 Å². The predicted molar refractivity (Wildman–Crippen MR) is 104 cm³/mol. The fourth-order valence-electron chi connectivity index (χ4n) is 2.58. The van der Waals surface area contributed by atoms with Crippen molar-refractivity contribution in [1.29, 1.82) is 0 Å². The second-order valence-electron chi connectivity index (χ2n) is 6.29. The van der Waals surface area contributed by atoms with Crippen molar-refractivity contribution in [3.63, 3.8) is 0 Å². The van der Waals surface area contributed by atoms with E-state index >= 15 is 0 Å². The van der Waals surface area contributed by atoms with Crippen molar-refractivity contribution < 1.29 is 9.59 Å². The van der Waals surface area contributed by atoms with Gasteiger partial charge in [0.1, 0.15) is 0 Å². The first-order valence-corrected chi connectivity index (χ1v) is 8.73. The zero-order valence-corrected chi connectivity index (χ0v) is 15.1. The van der Waals surface area contributed by atoms with E-state index in [-0.39, 0.29) is 11.8 Å². The highest BCUT2D eigenvalue weighted by molar-refractivity contribution is 5.99. The molecule has 0 saturated carbocycles. The fraction of sp³-hybridized carbons (Fsp3) is 0.136. The minimum absolute atomic E-state index is 0.209. The van der Waals surface area contributed by atoms with Crippen molar-refractivity contribution in [1.82, 2.24) is 15.6 Å². The second-order valence-corrected chi connectivity index (χ2v) is 6.29. The van der Waals surface area contributed by atoms with Gasteiger partial charge >= 0.3 is 0 Å². The zero-order chi connectivity index (χ0) is 19.1. The van der Waals surface area contributed by atoms with Gasteiger partial charge < -0.3 is 10.6 Å². The van der Waals surface area contributed by atoms with Crippen molar-refractivity contribution in [2.45, 2.75) is 20.0 Å². The van der Waals surface area contributed by atoms with Gasteiger partial charge in [-0.2, -0.15) is 0 Å². The summed E-state index contributed by atoms with van der Waals surface area (Å²) in [6.45, 7) is 2.87. The molecule has 0 atom stereocenters. The number of hydrogen-bond donors (Lipinski definition) is 2. The Morgan fingerprint density at radius 1 is 0.778 bits per heavy atom. The minimum atomic E-state index is -0.222. The molecule has 3 aromatic rings. The molecule has 0 spiro atoms. The first kappa shape index (κ1) is 18.3. The van der Waals surface area contributed by atoms with Crippen LogP contribution in [0.3, 0.4) is 0 Å². The number of hydrogen-bond acceptors (Lipinski definition) is 3. The Morgan fingerprint density at radius 2 is 1.30 bits per heavy atom. The van der Waals surface area contributed by atoms with Crippen LogP contribution in [0.4, 0.5) is 0 Å². The number of carbonyl (C=O) groups is 2. The second kappa shape index (κ2) is 8.76. The molecular weight excluding hydrogens is 338 g/mol. The smallest absolute Gasteiger partial charge is 0.251 e. The maximum absolute atomic E-state index is 12.4. The Bertz CT molecular complexity index is 922. The van der Waals surface area contributed by atoms with Crippen LogP contribution in [0.5, 0.6) is 0 Å². The summed E-state index contributed by atoms with van der Waals surface area (Å²) in [5.41, 5.74) is 4.08. The molecule has 5 heteroatoms. The standard InChI is InChI=1S/C22H21N3O2/c1-16-5-7-17(8-6-16)14-24-21(26)19-3-2-4-20(13-19)22(27)25-15-18-9-11-23-12-10-18/h2-13H,14-15H2,1H3,(H,24,26)(H,25,27). The molecule has 0 aliphatic carbocycles. The number of carbonyl (C=O) groups excluding carboxylic acids is 2. The monoisotopic (exact) mass is 359 g/mol. The molecule has 2 N–H and O–H groups in total. The van der Waals surface area contributed by atoms with Gasteiger partial charge in [-0.25, -0.2) is 0 Å². The number of aromatic nitrogens is 1. The highest BCUT2D eigenvalue weighted by atomic mass is 16.2. The van der Waals surface area contributed by atoms with E-state index < -0.39 is 0 Å². The van der Waals surface area contributed by atoms with Gasteiger partial charge in [-0.05, 0) is 48.4 Å². The lowest BCUT2D eigenvalue weighted by molar-refractivity contribution is 0.0950. The molecule has 2 amide bonds. The Morgan fingerprint density at radius 3 is 1.85 bits per heavy atom. The average Bonchev–Trinajstić information content (AvgIpc) is 2.72. The van der Waals surface area contributed by atoms with E-state index in [0.29, 0.717) is 24.2 Å². The molecular formula is C22H21N3O2. The molecule has 5 nitrogen and oxygen atoms in total. The first-order valence-electron chi connectivity index (χ1n) is 8.73. The van der Waals surface area contributed by atoms with E-state index in [4.69, 9.17) is 0 Å². The first-order chi connectivity index (χ1) is 13.1. The molecule has 1 aromatic heterocycles. The predicted octanol–water partition coefficient (Wildman–Crippen LogP) is 3.25. The van der Waals surface area contributed by atoms with Crippen LogP contribution in [0.25, 0.3) is 0 Å². The highest BCUT2D eigenvalue weighted by Gasteiger charge is 2.10. The van der Waals surface area contributed by atoms with Crippen LogP contribution >= 0.6 is 0 Å². The summed E-state index contributed by atoms with van der Waals surface area (Å²) in [7, 11) is 0. The van der Waals surface area contributed by atoms with Gasteiger partial charge in [0.25, 0.3) is 11.8 Å². The lowest BCUT2D eigenvalue weighted by Gasteiger charge is -2.08. The van der Waals surface area contributed by atoms with Gasteiger partial charge in [0.05, 0.1) is 0 Å². The van der Waals surface area contributed by atoms with E-state index in [1.54, 1.807) is 36.7 Å². The number of amides is 2. The van der Waals surface area contributed by atoms with Crippen LogP contribution in [0, 0.1) is 6.92 Å². The third-order valence-corrected chi connectivity index (χ3v) is 4.16. The van der Waals surface area contributed by atoms with Crippen molar-refractivity contribution in [2.24, 2.45) is 0 Å². The van der Waals surface area contributed by atoms with Crippen molar-refractivity contribution in [3.8, 4) is 0 Å². The number of pyridine rings is 1. The number of rotatable bonds is 6. The van der Waals surface area contributed by atoms with Gasteiger partial charge in [0.2, 0.25) is 0 Å². The molecule has 0 aliphatic heterocycles. The lowest BCUT2D eigenvalue weighted by atomic mass is 10.1. The third kappa shape index (κ3) is 5.25. The van der Waals surface area contributed by atoms with E-state index in [1.165, 1.54) is 5.56 Å². The summed E-state index contributed by atoms with van der Waals surface area (Å²) < 4.78 is 0. The van der Waals surface area contributed by atoms with Gasteiger partial charge in [0, 0.05) is 36.6 Å². The highest BCUT2D eigenvalue weighted by Crippen LogP contribution is 2.08. The van der Waals surface area contributed by atoms with Crippen LogP contribution in [-0.4, -0.2) is 16.8 Å². The lowest BCUT2D eigenvalue weighted by Crippen LogP contribution is -2.25. The molecule has 1 heterocycles. The van der Waals surface area contributed by atoms with E-state index in [9.17, 15) is 9.59 Å². The summed E-state index contributed by atoms with van der Waals surface area (Å²) in [5.74, 6) is -0.431. The Hall–Kier alpha value is -3.47. The van der Waals surface area contributed by atoms with Crippen molar-refractivity contribution in [2.75, 3.05) is 0 Å². The largest absolute Gasteiger partial charge is 0.348 e. The molecule has 0 bridgehead atoms. The number of benzene rings is 2. The maximum atomic E-state index is 12.4. The van der Waals surface area contributed by atoms with E-state index in [1.807, 2.05) is 43.3 Å². The quantitative estimate of drug-likeness (QED) is 0.710. The SMILES string of the molecule is Cc1ccc(CNC(=O)c2cccc(C(=O)NCc3ccncc3)c2)cc1. The van der Waals surface area contributed by atoms with Gasteiger partial charge in [0.15, 0.2) is 0 Å². The average molecular weight is 359 g/mol. The van der Waals surface area contributed by atoms with Crippen LogP contribution < -0.4 is 10.6 Å². The third-order valence-electron chi connectivity index (χ3n) is 4.16. The Balaban J connectivity index is 1.59. The van der Waals surface area contributed by atoms with Crippen LogP contribution in [0.1, 0.15) is 37.4 Å². The molecule has 0 radical (unpaired) electrons. The van der Waals surface area contributed by atoms with Crippen molar-refractivity contribution in [3.05, 3.63) is 101 Å². The molecule has 3 rings (SSSR count). The van der Waals surface area contributed by atoms with Crippen LogP contribution in [0.2, 0.25) is 0 Å². The number of nitrogens with one attached hydrogen (secondary N) is 2. The molecule has 0 unspecified atom stereocenters. The normalized spacial score (nSPS) is 10.3. The van der Waals surface area contributed by atoms with Gasteiger partial charge in [-0.15, -0.1) is 0 Å². The minimum Gasteiger partial charge on any atom is -0.348 e. The molecule has 2 aromatic carbocycles. The van der Waals surface area contributed by atoms with Crippen LogP contribution in [0.15, 0.2) is 73.1 Å². The Labute approximate surface area is 158 Å². The van der Waals surface area contributed by atoms with Gasteiger partial charge in [-0.1, -0.05) is 35.9 Å². The molecule has 0 aliphatic rings. The maximum Gasteiger partial charge on any atom is 0.251 e. The number of nitrogens with zero attached hydrogens (tertiary/aromatic N) is 1. The zero-order valence-electron chi connectivity index (χ0n) is 15.1. The summed E-state index contributed by atoms with van der Waals surface area (Å²) in [4.78, 5) is 28.7. The van der Waals surface area contributed by atoms with E-state index in [0.717, 1.165) is 11.1 Å². The summed E-state index contributed by atoms with van der Waals surface area (Å²) >= 11 is 0. The molecule has 136 valence electrons. The molecule has 0 saturated heterocycles. The summed E-state index contributed by atoms with van der Waals surface area (Å²) in [5, 5.41) is 5.73. The number of aryl methyl sites for hydroxylation is 1. The van der Waals surface area contributed by atoms with Gasteiger partial charge in [-0.3, -0.25) is 14.6 Å².